The summed E-state index contributed by atoms with van der Waals surface area (Å²) in [5.74, 6) is 0.364. The summed E-state index contributed by atoms with van der Waals surface area (Å²) in [6.07, 6.45) is 0.856. The highest BCUT2D eigenvalue weighted by Gasteiger charge is 2.41. The lowest BCUT2D eigenvalue weighted by Gasteiger charge is -2.48. The van der Waals surface area contributed by atoms with Gasteiger partial charge in [-0.15, -0.1) is 0 Å². The highest BCUT2D eigenvalue weighted by atomic mass is 16.5. The van der Waals surface area contributed by atoms with Crippen molar-refractivity contribution < 1.29 is 5.21 Å². The van der Waals surface area contributed by atoms with Gasteiger partial charge < -0.3 is 10.9 Å². The van der Waals surface area contributed by atoms with Crippen molar-refractivity contribution in [3.8, 4) is 0 Å². The van der Waals surface area contributed by atoms with Crippen LogP contribution < -0.4 is 5.73 Å². The maximum atomic E-state index is 9.77. The summed E-state index contributed by atoms with van der Waals surface area (Å²) in [5.41, 5.74) is 5.79. The van der Waals surface area contributed by atoms with Crippen LogP contribution in [0.1, 0.15) is 34.1 Å². The van der Waals surface area contributed by atoms with E-state index in [1.165, 1.54) is 5.06 Å². The first-order chi connectivity index (χ1) is 5.36. The van der Waals surface area contributed by atoms with Gasteiger partial charge in [0.15, 0.2) is 0 Å². The van der Waals surface area contributed by atoms with Crippen molar-refractivity contribution in [3.05, 3.63) is 0 Å². The predicted octanol–water partition coefficient (Wildman–Crippen LogP) is 1.21. The number of hydroxylamine groups is 2. The summed E-state index contributed by atoms with van der Waals surface area (Å²) in [5, 5.41) is 11.2. The third kappa shape index (κ3) is 1.49. The molecule has 3 unspecified atom stereocenters. The van der Waals surface area contributed by atoms with Crippen LogP contribution in [0.5, 0.6) is 0 Å². The molecule has 3 nitrogen and oxygen atoms in total. The van der Waals surface area contributed by atoms with Crippen LogP contribution in [0.2, 0.25) is 0 Å². The molecule has 0 bridgehead atoms. The number of hydrogen-bond acceptors (Lipinski definition) is 3. The fourth-order valence-corrected chi connectivity index (χ4v) is 1.99. The normalized spacial score (nSPS) is 43.0. The fourth-order valence-electron chi connectivity index (χ4n) is 1.99. The second-order valence-corrected chi connectivity index (χ2v) is 4.62. The Bertz CT molecular complexity index is 170. The summed E-state index contributed by atoms with van der Waals surface area (Å²) < 4.78 is 0. The summed E-state index contributed by atoms with van der Waals surface area (Å²) in [7, 11) is 0. The Morgan fingerprint density at radius 1 is 1.42 bits per heavy atom. The molecule has 1 aliphatic rings. The van der Waals surface area contributed by atoms with Gasteiger partial charge in [-0.3, -0.25) is 0 Å². The molecular formula is C9H20N2O. The number of hydrogen-bond donors (Lipinski definition) is 2. The molecule has 3 N–H and O–H groups in total. The molecule has 1 aliphatic heterocycles. The van der Waals surface area contributed by atoms with Gasteiger partial charge in [-0.1, -0.05) is 6.92 Å². The average molecular weight is 172 g/mol. The van der Waals surface area contributed by atoms with Gasteiger partial charge in [0.05, 0.1) is 0 Å². The minimum Gasteiger partial charge on any atom is -0.327 e. The van der Waals surface area contributed by atoms with Gasteiger partial charge in [0.2, 0.25) is 0 Å². The molecule has 72 valence electrons. The summed E-state index contributed by atoms with van der Waals surface area (Å²) in [6, 6.07) is 0.363. The molecule has 0 amide bonds. The zero-order chi connectivity index (χ0) is 9.52. The van der Waals surface area contributed by atoms with Gasteiger partial charge in [-0.05, 0) is 33.1 Å². The minimum absolute atomic E-state index is 0.156. The van der Waals surface area contributed by atoms with Crippen LogP contribution in [0.15, 0.2) is 0 Å². The molecule has 0 saturated carbocycles. The van der Waals surface area contributed by atoms with Crippen molar-refractivity contribution in [1.82, 2.24) is 5.06 Å². The molecule has 1 saturated heterocycles. The van der Waals surface area contributed by atoms with Gasteiger partial charge in [0, 0.05) is 17.6 Å². The molecule has 1 rings (SSSR count). The number of piperidine rings is 1. The molecule has 0 aromatic rings. The van der Waals surface area contributed by atoms with Crippen molar-refractivity contribution >= 4 is 0 Å². The minimum atomic E-state index is -0.175. The summed E-state index contributed by atoms with van der Waals surface area (Å²) in [4.78, 5) is 0. The van der Waals surface area contributed by atoms with E-state index in [9.17, 15) is 5.21 Å². The monoisotopic (exact) mass is 172 g/mol. The Hall–Kier alpha value is -0.120. The fraction of sp³-hybridized carbons (Fsp3) is 1.00. The maximum absolute atomic E-state index is 9.77. The molecule has 0 aromatic heterocycles. The topological polar surface area (TPSA) is 49.5 Å². The number of nitrogens with zero attached hydrogens (tertiary/aromatic N) is 1. The zero-order valence-corrected chi connectivity index (χ0v) is 8.41. The first-order valence-corrected chi connectivity index (χ1v) is 4.60. The van der Waals surface area contributed by atoms with Crippen LogP contribution in [0.4, 0.5) is 0 Å². The molecule has 1 heterocycles. The largest absolute Gasteiger partial charge is 0.327 e. The lowest BCUT2D eigenvalue weighted by molar-refractivity contribution is -0.222. The second-order valence-electron chi connectivity index (χ2n) is 4.62. The van der Waals surface area contributed by atoms with E-state index in [-0.39, 0.29) is 17.6 Å². The quantitative estimate of drug-likeness (QED) is 0.577. The second kappa shape index (κ2) is 2.98. The molecule has 3 atom stereocenters. The van der Waals surface area contributed by atoms with E-state index in [4.69, 9.17) is 5.73 Å². The van der Waals surface area contributed by atoms with Gasteiger partial charge >= 0.3 is 0 Å². The molecule has 0 spiro atoms. The third-order valence-corrected chi connectivity index (χ3v) is 3.18. The molecule has 0 aromatic carbocycles. The van der Waals surface area contributed by atoms with Crippen LogP contribution in [0.3, 0.4) is 0 Å². The van der Waals surface area contributed by atoms with Crippen LogP contribution in [-0.4, -0.2) is 27.9 Å². The maximum Gasteiger partial charge on any atom is 0.0422 e. The standard InChI is InChI=1S/C9H20N2O/c1-6-7(2)11(12)9(3,4)5-8(6)10/h6-8,12H,5,10H2,1-4H3. The highest BCUT2D eigenvalue weighted by molar-refractivity contribution is 4.94. The van der Waals surface area contributed by atoms with E-state index in [1.54, 1.807) is 0 Å². The Morgan fingerprint density at radius 3 is 2.42 bits per heavy atom. The first kappa shape index (κ1) is 9.96. The number of nitrogens with two attached hydrogens (primary N) is 1. The molecule has 0 aliphatic carbocycles. The summed E-state index contributed by atoms with van der Waals surface area (Å²) >= 11 is 0. The Labute approximate surface area is 74.5 Å². The van der Waals surface area contributed by atoms with Crippen molar-refractivity contribution in [3.63, 3.8) is 0 Å². The van der Waals surface area contributed by atoms with Gasteiger partial charge in [0.25, 0.3) is 0 Å². The van der Waals surface area contributed by atoms with E-state index < -0.39 is 0 Å². The smallest absolute Gasteiger partial charge is 0.0422 e. The lowest BCUT2D eigenvalue weighted by atomic mass is 9.79. The van der Waals surface area contributed by atoms with E-state index in [1.807, 2.05) is 20.8 Å². The third-order valence-electron chi connectivity index (χ3n) is 3.18. The Balaban J connectivity index is 2.78. The van der Waals surface area contributed by atoms with Crippen molar-refractivity contribution in [2.45, 2.75) is 51.7 Å². The molecule has 12 heavy (non-hydrogen) atoms. The number of rotatable bonds is 0. The molecule has 0 radical (unpaired) electrons. The van der Waals surface area contributed by atoms with E-state index in [0.717, 1.165) is 6.42 Å². The predicted molar refractivity (Wildman–Crippen MR) is 48.9 cm³/mol. The van der Waals surface area contributed by atoms with Crippen LogP contribution in [0, 0.1) is 5.92 Å². The lowest BCUT2D eigenvalue weighted by Crippen LogP contribution is -2.60. The molecule has 1 fully saturated rings. The van der Waals surface area contributed by atoms with Crippen molar-refractivity contribution in [2.75, 3.05) is 0 Å². The van der Waals surface area contributed by atoms with Crippen molar-refractivity contribution in [2.24, 2.45) is 11.7 Å². The van der Waals surface area contributed by atoms with Crippen LogP contribution in [0.25, 0.3) is 0 Å². The molecule has 3 heteroatoms. The van der Waals surface area contributed by atoms with E-state index in [2.05, 4.69) is 6.92 Å². The average Bonchev–Trinajstić information content (AvgIpc) is 1.97. The van der Waals surface area contributed by atoms with E-state index in [0.29, 0.717) is 5.92 Å². The van der Waals surface area contributed by atoms with Gasteiger partial charge in [-0.2, -0.15) is 5.06 Å². The van der Waals surface area contributed by atoms with Crippen LogP contribution in [-0.2, 0) is 0 Å². The Kier molecular flexibility index (Phi) is 2.47. The van der Waals surface area contributed by atoms with Gasteiger partial charge in [0.1, 0.15) is 0 Å². The zero-order valence-electron chi connectivity index (χ0n) is 8.41. The SMILES string of the molecule is CC1C(N)CC(C)(C)N(O)C1C. The molecular weight excluding hydrogens is 152 g/mol. The first-order valence-electron chi connectivity index (χ1n) is 4.60. The van der Waals surface area contributed by atoms with Crippen molar-refractivity contribution in [1.29, 1.82) is 0 Å². The van der Waals surface area contributed by atoms with Crippen LogP contribution >= 0.6 is 0 Å². The highest BCUT2D eigenvalue weighted by Crippen LogP contribution is 2.32. The van der Waals surface area contributed by atoms with Gasteiger partial charge in [-0.25, -0.2) is 0 Å². The van der Waals surface area contributed by atoms with E-state index >= 15 is 0 Å². The summed E-state index contributed by atoms with van der Waals surface area (Å²) in [6.45, 7) is 8.16. The Morgan fingerprint density at radius 2 is 1.92 bits per heavy atom.